The van der Waals surface area contributed by atoms with E-state index in [4.69, 9.17) is 9.47 Å². The van der Waals surface area contributed by atoms with Crippen molar-refractivity contribution in [3.05, 3.63) is 82.0 Å². The van der Waals surface area contributed by atoms with E-state index in [0.717, 1.165) is 28.8 Å². The third kappa shape index (κ3) is 5.47. The van der Waals surface area contributed by atoms with Crippen LogP contribution in [0.15, 0.2) is 66.0 Å². The molecule has 1 fully saturated rings. The molecule has 0 radical (unpaired) electrons. The van der Waals surface area contributed by atoms with E-state index in [1.54, 1.807) is 7.11 Å². The second kappa shape index (κ2) is 10.5. The molecule has 0 unspecified atom stereocenters. The Labute approximate surface area is 188 Å². The zero-order chi connectivity index (χ0) is 21.5. The van der Waals surface area contributed by atoms with Gasteiger partial charge in [-0.05, 0) is 47.5 Å². The molecule has 0 aliphatic heterocycles. The Hall–Kier alpha value is -2.79. The van der Waals surface area contributed by atoms with Crippen LogP contribution in [-0.2, 0) is 13.2 Å². The predicted molar refractivity (Wildman–Crippen MR) is 125 cm³/mol. The minimum atomic E-state index is 0.129. The van der Waals surface area contributed by atoms with Crippen molar-refractivity contribution >= 4 is 17.2 Å². The van der Waals surface area contributed by atoms with Gasteiger partial charge in [-0.15, -0.1) is 11.3 Å². The van der Waals surface area contributed by atoms with Gasteiger partial charge >= 0.3 is 0 Å². The summed E-state index contributed by atoms with van der Waals surface area (Å²) in [4.78, 5) is 16.2. The number of hydrogen-bond acceptors (Lipinski definition) is 4. The van der Waals surface area contributed by atoms with Gasteiger partial charge in [0.25, 0.3) is 5.91 Å². The van der Waals surface area contributed by atoms with Gasteiger partial charge in [-0.2, -0.15) is 0 Å². The normalized spacial score (nSPS) is 14.2. The van der Waals surface area contributed by atoms with E-state index in [1.807, 2.05) is 66.0 Å². The largest absolute Gasteiger partial charge is 0.493 e. The number of hydrogen-bond donors (Lipinski definition) is 0. The van der Waals surface area contributed by atoms with Crippen molar-refractivity contribution in [1.29, 1.82) is 0 Å². The minimum Gasteiger partial charge on any atom is -0.493 e. The van der Waals surface area contributed by atoms with Crippen LogP contribution >= 0.6 is 11.3 Å². The summed E-state index contributed by atoms with van der Waals surface area (Å²) in [6.07, 6.45) is 5.78. The van der Waals surface area contributed by atoms with E-state index in [-0.39, 0.29) is 5.91 Å². The van der Waals surface area contributed by atoms with Gasteiger partial charge in [0.15, 0.2) is 11.5 Å². The fourth-order valence-electron chi connectivity index (χ4n) is 4.17. The summed E-state index contributed by atoms with van der Waals surface area (Å²) in [7, 11) is 1.65. The molecule has 1 heterocycles. The average Bonchev–Trinajstić information content (AvgIpc) is 3.37. The number of ether oxygens (including phenoxy) is 2. The van der Waals surface area contributed by atoms with Crippen molar-refractivity contribution in [2.45, 2.75) is 51.3 Å². The highest BCUT2D eigenvalue weighted by atomic mass is 32.1. The molecular formula is C26H29NO3S. The highest BCUT2D eigenvalue weighted by molar-refractivity contribution is 7.12. The van der Waals surface area contributed by atoms with E-state index in [9.17, 15) is 4.79 Å². The third-order valence-electron chi connectivity index (χ3n) is 5.83. The molecule has 5 heteroatoms. The first-order valence-electron chi connectivity index (χ1n) is 10.9. The summed E-state index contributed by atoms with van der Waals surface area (Å²) in [6.45, 7) is 1.05. The van der Waals surface area contributed by atoms with Crippen LogP contribution in [0.3, 0.4) is 0 Å². The highest BCUT2D eigenvalue weighted by Crippen LogP contribution is 2.31. The van der Waals surface area contributed by atoms with Gasteiger partial charge in [0.05, 0.1) is 12.0 Å². The quantitative estimate of drug-likeness (QED) is 0.416. The molecule has 4 rings (SSSR count). The molecule has 0 atom stereocenters. The summed E-state index contributed by atoms with van der Waals surface area (Å²) >= 11 is 1.51. The fourth-order valence-corrected chi connectivity index (χ4v) is 4.84. The Morgan fingerprint density at radius 1 is 0.968 bits per heavy atom. The summed E-state index contributed by atoms with van der Waals surface area (Å²) < 4.78 is 11.6. The van der Waals surface area contributed by atoms with Gasteiger partial charge in [-0.1, -0.05) is 61.7 Å². The van der Waals surface area contributed by atoms with Crippen molar-refractivity contribution < 1.29 is 14.3 Å². The van der Waals surface area contributed by atoms with Gasteiger partial charge < -0.3 is 14.4 Å². The number of rotatable bonds is 8. The van der Waals surface area contributed by atoms with Gasteiger partial charge in [-0.25, -0.2) is 0 Å². The molecule has 0 bridgehead atoms. The van der Waals surface area contributed by atoms with Crippen molar-refractivity contribution in [2.75, 3.05) is 7.11 Å². The lowest BCUT2D eigenvalue weighted by atomic mass is 9.93. The van der Waals surface area contributed by atoms with Crippen LogP contribution in [0.25, 0.3) is 0 Å². The maximum absolute atomic E-state index is 13.3. The molecule has 1 amide bonds. The number of amides is 1. The Morgan fingerprint density at radius 3 is 2.48 bits per heavy atom. The number of benzene rings is 2. The van der Waals surface area contributed by atoms with E-state index in [1.165, 1.54) is 30.6 Å². The maximum atomic E-state index is 13.3. The van der Waals surface area contributed by atoms with Crippen molar-refractivity contribution in [3.8, 4) is 11.5 Å². The summed E-state index contributed by atoms with van der Waals surface area (Å²) in [5, 5.41) is 1.97. The monoisotopic (exact) mass is 435 g/mol. The second-order valence-corrected chi connectivity index (χ2v) is 8.91. The molecule has 1 saturated carbocycles. The lowest BCUT2D eigenvalue weighted by molar-refractivity contribution is 0.0619. The van der Waals surface area contributed by atoms with Crippen LogP contribution in [0, 0.1) is 0 Å². The molecule has 0 saturated heterocycles. The lowest BCUT2D eigenvalue weighted by Gasteiger charge is -2.34. The molecule has 1 aliphatic carbocycles. The zero-order valence-corrected chi connectivity index (χ0v) is 18.8. The van der Waals surface area contributed by atoms with Crippen LogP contribution in [0.4, 0.5) is 0 Å². The topological polar surface area (TPSA) is 38.8 Å². The van der Waals surface area contributed by atoms with E-state index in [2.05, 4.69) is 4.90 Å². The fraction of sp³-hybridized carbons (Fsp3) is 0.346. The first-order valence-corrected chi connectivity index (χ1v) is 11.8. The molecule has 162 valence electrons. The standard InChI is InChI=1S/C26H29NO3S/c1-29-23-15-14-21(17-24(23)30-19-20-9-4-2-5-10-20)18-27(22-11-6-3-7-12-22)26(28)25-13-8-16-31-25/h2,4-5,8-10,13-17,22H,3,6-7,11-12,18-19H2,1H3. The Balaban J connectivity index is 1.55. The molecule has 3 aromatic rings. The van der Waals surface area contributed by atoms with E-state index < -0.39 is 0 Å². The minimum absolute atomic E-state index is 0.129. The third-order valence-corrected chi connectivity index (χ3v) is 6.68. The molecule has 31 heavy (non-hydrogen) atoms. The Bertz CT molecular complexity index is 966. The zero-order valence-electron chi connectivity index (χ0n) is 18.0. The molecular weight excluding hydrogens is 406 g/mol. The summed E-state index contributed by atoms with van der Waals surface area (Å²) in [6, 6.07) is 20.2. The summed E-state index contributed by atoms with van der Waals surface area (Å²) in [5.41, 5.74) is 2.16. The van der Waals surface area contributed by atoms with E-state index >= 15 is 0 Å². The first kappa shape index (κ1) is 21.4. The van der Waals surface area contributed by atoms with Crippen LogP contribution in [0.5, 0.6) is 11.5 Å². The SMILES string of the molecule is COc1ccc(CN(C(=O)c2cccs2)C2CCCCC2)cc1OCc1ccccc1. The van der Waals surface area contributed by atoms with Crippen molar-refractivity contribution in [2.24, 2.45) is 0 Å². The molecule has 0 N–H and O–H groups in total. The van der Waals surface area contributed by atoms with Gasteiger partial charge in [0.2, 0.25) is 0 Å². The van der Waals surface area contributed by atoms with Crippen molar-refractivity contribution in [3.63, 3.8) is 0 Å². The van der Waals surface area contributed by atoms with Gasteiger partial charge in [0, 0.05) is 12.6 Å². The van der Waals surface area contributed by atoms with Gasteiger partial charge in [0.1, 0.15) is 6.61 Å². The molecule has 4 nitrogen and oxygen atoms in total. The Morgan fingerprint density at radius 2 is 1.77 bits per heavy atom. The van der Waals surface area contributed by atoms with Crippen molar-refractivity contribution in [1.82, 2.24) is 4.90 Å². The lowest BCUT2D eigenvalue weighted by Crippen LogP contribution is -2.40. The number of methoxy groups -OCH3 is 1. The second-order valence-electron chi connectivity index (χ2n) is 7.96. The molecule has 0 spiro atoms. The number of nitrogens with zero attached hydrogens (tertiary/aromatic N) is 1. The Kier molecular flexibility index (Phi) is 7.26. The van der Waals surface area contributed by atoms with Crippen LogP contribution < -0.4 is 9.47 Å². The molecule has 1 aromatic heterocycles. The van der Waals surface area contributed by atoms with Crippen LogP contribution in [-0.4, -0.2) is 24.0 Å². The maximum Gasteiger partial charge on any atom is 0.264 e. The summed E-state index contributed by atoms with van der Waals surface area (Å²) in [5.74, 6) is 1.54. The number of carbonyl (C=O) groups excluding carboxylic acids is 1. The number of thiophene rings is 1. The molecule has 2 aromatic carbocycles. The highest BCUT2D eigenvalue weighted by Gasteiger charge is 2.27. The van der Waals surface area contributed by atoms with Gasteiger partial charge in [-0.3, -0.25) is 4.79 Å². The first-order chi connectivity index (χ1) is 15.2. The predicted octanol–water partition coefficient (Wildman–Crippen LogP) is 6.31. The number of carbonyl (C=O) groups is 1. The van der Waals surface area contributed by atoms with Crippen LogP contribution in [0.2, 0.25) is 0 Å². The average molecular weight is 436 g/mol. The smallest absolute Gasteiger partial charge is 0.264 e. The van der Waals surface area contributed by atoms with Crippen LogP contribution in [0.1, 0.15) is 52.9 Å². The van der Waals surface area contributed by atoms with E-state index in [0.29, 0.717) is 30.7 Å². The molecule has 1 aliphatic rings.